The summed E-state index contributed by atoms with van der Waals surface area (Å²) in [4.78, 5) is 30.9. The number of H-pyrrole nitrogens is 1. The van der Waals surface area contributed by atoms with Crippen LogP contribution in [0.25, 0.3) is 10.9 Å². The zero-order valence-electron chi connectivity index (χ0n) is 15.0. The van der Waals surface area contributed by atoms with Gasteiger partial charge in [-0.1, -0.05) is 25.1 Å². The molecule has 0 saturated heterocycles. The van der Waals surface area contributed by atoms with E-state index in [0.29, 0.717) is 11.4 Å². The Balaban J connectivity index is 1.58. The van der Waals surface area contributed by atoms with E-state index >= 15 is 0 Å². The molecule has 1 amide bonds. The van der Waals surface area contributed by atoms with E-state index in [1.165, 1.54) is 11.3 Å². The summed E-state index contributed by atoms with van der Waals surface area (Å²) in [6.45, 7) is 4.63. The first kappa shape index (κ1) is 17.8. The number of aromatic carboxylic acids is 1. The van der Waals surface area contributed by atoms with Crippen LogP contribution in [0.2, 0.25) is 0 Å². The van der Waals surface area contributed by atoms with Crippen molar-refractivity contribution in [1.29, 1.82) is 0 Å². The van der Waals surface area contributed by atoms with Gasteiger partial charge < -0.3 is 15.4 Å². The van der Waals surface area contributed by atoms with Crippen molar-refractivity contribution in [3.63, 3.8) is 0 Å². The van der Waals surface area contributed by atoms with Crippen LogP contribution in [-0.2, 0) is 24.2 Å². The van der Waals surface area contributed by atoms with Gasteiger partial charge in [-0.15, -0.1) is 11.3 Å². The molecular formula is C20H21N3O3S. The van der Waals surface area contributed by atoms with Gasteiger partial charge in [0.05, 0.1) is 12.0 Å². The van der Waals surface area contributed by atoms with E-state index < -0.39 is 5.97 Å². The van der Waals surface area contributed by atoms with Crippen molar-refractivity contribution in [2.45, 2.75) is 26.3 Å². The Labute approximate surface area is 160 Å². The lowest BCUT2D eigenvalue weighted by Crippen LogP contribution is -2.29. The number of carboxylic acid groups (broad SMARTS) is 1. The van der Waals surface area contributed by atoms with Crippen LogP contribution >= 0.6 is 11.3 Å². The second-order valence-corrected chi connectivity index (χ2v) is 7.82. The highest BCUT2D eigenvalue weighted by Gasteiger charge is 2.28. The molecule has 140 valence electrons. The van der Waals surface area contributed by atoms with Gasteiger partial charge in [-0.3, -0.25) is 9.69 Å². The average Bonchev–Trinajstić information content (AvgIpc) is 3.22. The van der Waals surface area contributed by atoms with E-state index in [1.807, 2.05) is 30.5 Å². The summed E-state index contributed by atoms with van der Waals surface area (Å²) in [7, 11) is 0. The lowest BCUT2D eigenvalue weighted by molar-refractivity contribution is -0.115. The molecule has 0 bridgehead atoms. The van der Waals surface area contributed by atoms with Crippen molar-refractivity contribution in [1.82, 2.24) is 9.88 Å². The number of fused-ring (bicyclic) bond motifs is 2. The zero-order valence-corrected chi connectivity index (χ0v) is 15.9. The number of amides is 1. The first-order valence-electron chi connectivity index (χ1n) is 9.01. The number of carboxylic acids is 1. The predicted molar refractivity (Wildman–Crippen MR) is 107 cm³/mol. The summed E-state index contributed by atoms with van der Waals surface area (Å²) in [6, 6.07) is 7.82. The molecule has 1 aliphatic rings. The first-order valence-corrected chi connectivity index (χ1v) is 9.83. The van der Waals surface area contributed by atoms with Gasteiger partial charge in [-0.2, -0.15) is 0 Å². The third kappa shape index (κ3) is 3.36. The molecule has 1 aromatic carbocycles. The van der Waals surface area contributed by atoms with Gasteiger partial charge in [0.25, 0.3) is 0 Å². The number of hydrogen-bond donors (Lipinski definition) is 3. The summed E-state index contributed by atoms with van der Waals surface area (Å²) in [5.74, 6) is -1.17. The van der Waals surface area contributed by atoms with Crippen LogP contribution in [-0.4, -0.2) is 40.0 Å². The van der Waals surface area contributed by atoms with Crippen molar-refractivity contribution >= 4 is 39.1 Å². The largest absolute Gasteiger partial charge is 0.478 e. The molecule has 0 fully saturated rings. The fraction of sp³-hybridized carbons (Fsp3) is 0.300. The number of hydrogen-bond acceptors (Lipinski definition) is 4. The molecule has 0 unspecified atom stereocenters. The minimum atomic E-state index is -0.972. The van der Waals surface area contributed by atoms with E-state index in [0.717, 1.165) is 46.5 Å². The Kier molecular flexibility index (Phi) is 4.72. The molecule has 0 spiro atoms. The molecule has 0 radical (unpaired) electrons. The van der Waals surface area contributed by atoms with E-state index in [2.05, 4.69) is 22.1 Å². The molecule has 3 N–H and O–H groups in total. The molecule has 1 aliphatic heterocycles. The summed E-state index contributed by atoms with van der Waals surface area (Å²) >= 11 is 1.39. The number of aromatic amines is 1. The Morgan fingerprint density at radius 2 is 2.15 bits per heavy atom. The van der Waals surface area contributed by atoms with E-state index in [-0.39, 0.29) is 17.9 Å². The van der Waals surface area contributed by atoms with Crippen molar-refractivity contribution in [2.24, 2.45) is 0 Å². The number of para-hydroxylation sites is 1. The smallest absolute Gasteiger partial charge is 0.339 e. The number of likely N-dealkylation sites (N-methyl/N-ethyl adjacent to an activating group) is 1. The van der Waals surface area contributed by atoms with Crippen molar-refractivity contribution < 1.29 is 14.7 Å². The van der Waals surface area contributed by atoms with E-state index in [4.69, 9.17) is 0 Å². The quantitative estimate of drug-likeness (QED) is 0.630. The predicted octanol–water partition coefficient (Wildman–Crippen LogP) is 3.49. The van der Waals surface area contributed by atoms with Gasteiger partial charge in [0.15, 0.2) is 0 Å². The third-order valence-electron chi connectivity index (χ3n) is 5.08. The van der Waals surface area contributed by atoms with Gasteiger partial charge in [-0.25, -0.2) is 4.79 Å². The summed E-state index contributed by atoms with van der Waals surface area (Å²) < 4.78 is 0. The molecule has 3 aromatic rings. The van der Waals surface area contributed by atoms with E-state index in [9.17, 15) is 14.7 Å². The van der Waals surface area contributed by atoms with Crippen molar-refractivity contribution in [3.05, 3.63) is 52.0 Å². The van der Waals surface area contributed by atoms with Crippen molar-refractivity contribution in [2.75, 3.05) is 18.4 Å². The van der Waals surface area contributed by atoms with Gasteiger partial charge in [0.1, 0.15) is 5.00 Å². The van der Waals surface area contributed by atoms with Crippen LogP contribution in [0.4, 0.5) is 5.00 Å². The van der Waals surface area contributed by atoms with Crippen LogP contribution < -0.4 is 5.32 Å². The number of nitrogens with zero attached hydrogens (tertiary/aromatic N) is 1. The normalized spacial score (nSPS) is 14.3. The molecular weight excluding hydrogens is 362 g/mol. The Hall–Kier alpha value is -2.64. The maximum Gasteiger partial charge on any atom is 0.339 e. The van der Waals surface area contributed by atoms with Crippen LogP contribution in [0.5, 0.6) is 0 Å². The van der Waals surface area contributed by atoms with Gasteiger partial charge >= 0.3 is 5.97 Å². The Morgan fingerprint density at radius 1 is 1.33 bits per heavy atom. The minimum absolute atomic E-state index is 0.201. The van der Waals surface area contributed by atoms with Gasteiger partial charge in [0.2, 0.25) is 5.91 Å². The van der Waals surface area contributed by atoms with Gasteiger partial charge in [-0.05, 0) is 30.2 Å². The first-order chi connectivity index (χ1) is 13.1. The molecule has 4 rings (SSSR count). The molecule has 7 heteroatoms. The second kappa shape index (κ2) is 7.17. The lowest BCUT2D eigenvalue weighted by Gasteiger charge is -2.25. The number of aromatic nitrogens is 1. The number of carbonyl (C=O) groups is 2. The van der Waals surface area contributed by atoms with Crippen LogP contribution in [0, 0.1) is 0 Å². The number of anilines is 1. The molecule has 27 heavy (non-hydrogen) atoms. The summed E-state index contributed by atoms with van der Waals surface area (Å²) in [5, 5.41) is 14.0. The fourth-order valence-corrected chi connectivity index (χ4v) is 4.96. The monoisotopic (exact) mass is 383 g/mol. The number of thiophene rings is 1. The number of rotatable bonds is 5. The molecule has 0 saturated carbocycles. The zero-order chi connectivity index (χ0) is 19.0. The summed E-state index contributed by atoms with van der Waals surface area (Å²) in [6.07, 6.45) is 2.74. The van der Waals surface area contributed by atoms with Gasteiger partial charge in [0, 0.05) is 35.1 Å². The van der Waals surface area contributed by atoms with Crippen LogP contribution in [0.15, 0.2) is 30.5 Å². The average molecular weight is 383 g/mol. The highest BCUT2D eigenvalue weighted by molar-refractivity contribution is 7.17. The highest BCUT2D eigenvalue weighted by atomic mass is 32.1. The van der Waals surface area contributed by atoms with Crippen LogP contribution in [0.1, 0.15) is 33.3 Å². The highest BCUT2D eigenvalue weighted by Crippen LogP contribution is 2.37. The Bertz CT molecular complexity index is 1020. The topological polar surface area (TPSA) is 85.4 Å². The van der Waals surface area contributed by atoms with Crippen LogP contribution in [0.3, 0.4) is 0 Å². The lowest BCUT2D eigenvalue weighted by atomic mass is 10.0. The van der Waals surface area contributed by atoms with Crippen molar-refractivity contribution in [3.8, 4) is 0 Å². The number of benzene rings is 1. The Morgan fingerprint density at radius 3 is 2.93 bits per heavy atom. The maximum atomic E-state index is 12.6. The molecule has 6 nitrogen and oxygen atoms in total. The number of nitrogens with one attached hydrogen (secondary N) is 2. The maximum absolute atomic E-state index is 12.6. The van der Waals surface area contributed by atoms with E-state index in [1.54, 1.807) is 0 Å². The third-order valence-corrected chi connectivity index (χ3v) is 6.21. The minimum Gasteiger partial charge on any atom is -0.478 e. The number of carbonyl (C=O) groups excluding carboxylic acids is 1. The second-order valence-electron chi connectivity index (χ2n) is 6.72. The molecule has 2 aromatic heterocycles. The SMILES string of the molecule is CCN1CCc2c(sc(NC(=O)Cc3c[nH]c4ccccc34)c2C(=O)O)C1. The molecule has 3 heterocycles. The summed E-state index contributed by atoms with van der Waals surface area (Å²) in [5.41, 5.74) is 3.02. The molecule has 0 aliphatic carbocycles. The standard InChI is InChI=1S/C20H21N3O3S/c1-2-23-8-7-14-16(11-23)27-19(18(14)20(25)26)22-17(24)9-12-10-21-15-6-4-3-5-13(12)15/h3-6,10,21H,2,7-9,11H2,1H3,(H,22,24)(H,25,26). The fourth-order valence-electron chi connectivity index (χ4n) is 3.66. The molecule has 0 atom stereocenters.